The van der Waals surface area contributed by atoms with Gasteiger partial charge in [-0.05, 0) is 12.8 Å². The van der Waals surface area contributed by atoms with Crippen molar-refractivity contribution in [2.45, 2.75) is 45.3 Å². The Labute approximate surface area is 109 Å². The molecule has 1 aromatic rings. The molecular weight excluding hydrogens is 267 g/mol. The van der Waals surface area contributed by atoms with Gasteiger partial charge in [-0.25, -0.2) is 9.97 Å². The standard InChI is InChI=1S/C11H15ClF3N3/c1-6(2)8-9(12)16-5-17-10(8)18-7(3)4-11(13,14)15/h5-7H,4H2,1-3H3,(H,16,17,18). The van der Waals surface area contributed by atoms with Crippen LogP contribution in [0.25, 0.3) is 0 Å². The van der Waals surface area contributed by atoms with Gasteiger partial charge >= 0.3 is 6.18 Å². The molecule has 7 heteroatoms. The molecule has 1 atom stereocenters. The number of alkyl halides is 3. The Hall–Kier alpha value is -1.04. The van der Waals surface area contributed by atoms with E-state index in [1.54, 1.807) is 0 Å². The minimum atomic E-state index is -4.21. The van der Waals surface area contributed by atoms with Crippen molar-refractivity contribution in [3.05, 3.63) is 17.0 Å². The van der Waals surface area contributed by atoms with E-state index in [4.69, 9.17) is 11.6 Å². The Balaban J connectivity index is 2.88. The van der Waals surface area contributed by atoms with Gasteiger partial charge in [0.1, 0.15) is 17.3 Å². The molecule has 0 aliphatic rings. The SMILES string of the molecule is CC(CC(F)(F)F)Nc1ncnc(Cl)c1C(C)C. The molecule has 3 nitrogen and oxygen atoms in total. The third kappa shape index (κ3) is 4.33. The van der Waals surface area contributed by atoms with Crippen molar-refractivity contribution in [3.8, 4) is 0 Å². The quantitative estimate of drug-likeness (QED) is 0.848. The van der Waals surface area contributed by atoms with E-state index in [0.717, 1.165) is 0 Å². The lowest BCUT2D eigenvalue weighted by Crippen LogP contribution is -2.25. The molecule has 18 heavy (non-hydrogen) atoms. The number of nitrogens with zero attached hydrogens (tertiary/aromatic N) is 2. The predicted molar refractivity (Wildman–Crippen MR) is 64.9 cm³/mol. The first-order chi connectivity index (χ1) is 8.20. The van der Waals surface area contributed by atoms with E-state index in [0.29, 0.717) is 11.4 Å². The third-order valence-corrected chi connectivity index (χ3v) is 2.63. The maximum Gasteiger partial charge on any atom is 0.391 e. The van der Waals surface area contributed by atoms with Crippen molar-refractivity contribution in [3.63, 3.8) is 0 Å². The van der Waals surface area contributed by atoms with E-state index >= 15 is 0 Å². The first kappa shape index (κ1) is 15.0. The first-order valence-corrected chi connectivity index (χ1v) is 5.92. The number of hydrogen-bond donors (Lipinski definition) is 1. The van der Waals surface area contributed by atoms with E-state index in [1.807, 2.05) is 13.8 Å². The second-order valence-electron chi connectivity index (χ2n) is 4.45. The van der Waals surface area contributed by atoms with Crippen LogP contribution in [0, 0.1) is 0 Å². The second-order valence-corrected chi connectivity index (χ2v) is 4.80. The molecule has 0 saturated heterocycles. The van der Waals surface area contributed by atoms with E-state index < -0.39 is 18.6 Å². The molecule has 0 radical (unpaired) electrons. The van der Waals surface area contributed by atoms with Crippen molar-refractivity contribution in [1.82, 2.24) is 9.97 Å². The minimum Gasteiger partial charge on any atom is -0.367 e. The van der Waals surface area contributed by atoms with Gasteiger partial charge in [-0.3, -0.25) is 0 Å². The van der Waals surface area contributed by atoms with Crippen LogP contribution in [-0.2, 0) is 0 Å². The molecule has 0 saturated carbocycles. The summed E-state index contributed by atoms with van der Waals surface area (Å²) >= 11 is 5.93. The lowest BCUT2D eigenvalue weighted by molar-refractivity contribution is -0.136. The average Bonchev–Trinajstić information content (AvgIpc) is 2.13. The third-order valence-electron chi connectivity index (χ3n) is 2.33. The van der Waals surface area contributed by atoms with Crippen LogP contribution in [0.2, 0.25) is 5.15 Å². The number of anilines is 1. The van der Waals surface area contributed by atoms with Crippen LogP contribution < -0.4 is 5.32 Å². The molecule has 102 valence electrons. The lowest BCUT2D eigenvalue weighted by atomic mass is 10.1. The Bertz CT molecular complexity index is 407. The molecule has 0 aliphatic carbocycles. The van der Waals surface area contributed by atoms with Crippen LogP contribution >= 0.6 is 11.6 Å². The monoisotopic (exact) mass is 281 g/mol. The van der Waals surface area contributed by atoms with Gasteiger partial charge in [0.25, 0.3) is 0 Å². The summed E-state index contributed by atoms with van der Waals surface area (Å²) in [6.45, 7) is 5.21. The summed E-state index contributed by atoms with van der Waals surface area (Å²) in [5.41, 5.74) is 0.633. The average molecular weight is 282 g/mol. The molecule has 1 rings (SSSR count). The second kappa shape index (κ2) is 5.73. The maximum atomic E-state index is 12.2. The summed E-state index contributed by atoms with van der Waals surface area (Å²) in [6, 6.07) is -0.770. The summed E-state index contributed by atoms with van der Waals surface area (Å²) in [7, 11) is 0. The van der Waals surface area contributed by atoms with Gasteiger partial charge in [-0.2, -0.15) is 13.2 Å². The van der Waals surface area contributed by atoms with Crippen molar-refractivity contribution in [1.29, 1.82) is 0 Å². The van der Waals surface area contributed by atoms with E-state index in [9.17, 15) is 13.2 Å². The van der Waals surface area contributed by atoms with Crippen molar-refractivity contribution in [2.24, 2.45) is 0 Å². The molecule has 1 unspecified atom stereocenters. The van der Waals surface area contributed by atoms with Gasteiger partial charge in [-0.1, -0.05) is 25.4 Å². The summed E-state index contributed by atoms with van der Waals surface area (Å²) in [4.78, 5) is 7.79. The molecule has 0 fully saturated rings. The van der Waals surface area contributed by atoms with Crippen LogP contribution in [0.1, 0.15) is 38.7 Å². The lowest BCUT2D eigenvalue weighted by Gasteiger charge is -2.19. The maximum absolute atomic E-state index is 12.2. The van der Waals surface area contributed by atoms with Gasteiger partial charge in [0, 0.05) is 11.6 Å². The van der Waals surface area contributed by atoms with Gasteiger partial charge in [0.2, 0.25) is 0 Å². The van der Waals surface area contributed by atoms with E-state index in [2.05, 4.69) is 15.3 Å². The van der Waals surface area contributed by atoms with Crippen molar-refractivity contribution >= 4 is 17.4 Å². The Kier molecular flexibility index (Phi) is 4.78. The van der Waals surface area contributed by atoms with Gasteiger partial charge in [0.15, 0.2) is 0 Å². The van der Waals surface area contributed by atoms with Crippen LogP contribution in [-0.4, -0.2) is 22.2 Å². The minimum absolute atomic E-state index is 0.0271. The number of hydrogen-bond acceptors (Lipinski definition) is 3. The fourth-order valence-corrected chi connectivity index (χ4v) is 1.98. The van der Waals surface area contributed by atoms with Crippen LogP contribution in [0.3, 0.4) is 0 Å². The van der Waals surface area contributed by atoms with Crippen LogP contribution in [0.5, 0.6) is 0 Å². The smallest absolute Gasteiger partial charge is 0.367 e. The number of aromatic nitrogens is 2. The first-order valence-electron chi connectivity index (χ1n) is 5.54. The Morgan fingerprint density at radius 1 is 1.28 bits per heavy atom. The summed E-state index contributed by atoms with van der Waals surface area (Å²) in [5, 5.41) is 3.00. The van der Waals surface area contributed by atoms with Gasteiger partial charge in [0.05, 0.1) is 6.42 Å². The highest BCUT2D eigenvalue weighted by atomic mass is 35.5. The molecular formula is C11H15ClF3N3. The summed E-state index contributed by atoms with van der Waals surface area (Å²) in [5.74, 6) is 0.390. The molecule has 0 aromatic carbocycles. The van der Waals surface area contributed by atoms with Crippen LogP contribution in [0.4, 0.5) is 19.0 Å². The topological polar surface area (TPSA) is 37.8 Å². The summed E-state index contributed by atoms with van der Waals surface area (Å²) < 4.78 is 36.7. The fraction of sp³-hybridized carbons (Fsp3) is 0.636. The molecule has 0 amide bonds. The molecule has 0 spiro atoms. The zero-order valence-corrected chi connectivity index (χ0v) is 11.1. The summed E-state index contributed by atoms with van der Waals surface area (Å²) in [6.07, 6.45) is -3.90. The zero-order valence-electron chi connectivity index (χ0n) is 10.3. The largest absolute Gasteiger partial charge is 0.391 e. The fourth-order valence-electron chi connectivity index (χ4n) is 1.63. The van der Waals surface area contributed by atoms with Crippen molar-refractivity contribution < 1.29 is 13.2 Å². The van der Waals surface area contributed by atoms with Crippen LogP contribution in [0.15, 0.2) is 6.33 Å². The Morgan fingerprint density at radius 3 is 2.39 bits per heavy atom. The zero-order chi connectivity index (χ0) is 13.9. The van der Waals surface area contributed by atoms with E-state index in [-0.39, 0.29) is 11.1 Å². The number of nitrogens with one attached hydrogen (secondary N) is 1. The molecule has 0 bridgehead atoms. The van der Waals surface area contributed by atoms with Gasteiger partial charge < -0.3 is 5.32 Å². The Morgan fingerprint density at radius 2 is 1.89 bits per heavy atom. The van der Waals surface area contributed by atoms with E-state index in [1.165, 1.54) is 13.3 Å². The van der Waals surface area contributed by atoms with Crippen molar-refractivity contribution in [2.75, 3.05) is 5.32 Å². The number of halogens is 4. The molecule has 1 aromatic heterocycles. The van der Waals surface area contributed by atoms with Gasteiger partial charge in [-0.15, -0.1) is 0 Å². The highest BCUT2D eigenvalue weighted by Gasteiger charge is 2.30. The molecule has 1 heterocycles. The normalized spacial score (nSPS) is 13.8. The molecule has 0 aliphatic heterocycles. The highest BCUT2D eigenvalue weighted by molar-refractivity contribution is 6.30. The number of rotatable bonds is 4. The molecule has 1 N–H and O–H groups in total. The predicted octanol–water partition coefficient (Wildman–Crippen LogP) is 4.01. The highest BCUT2D eigenvalue weighted by Crippen LogP contribution is 2.29.